The first-order valence-electron chi connectivity index (χ1n) is 9.44. The van der Waals surface area contributed by atoms with Crippen LogP contribution in [0.4, 0.5) is 0 Å². The van der Waals surface area contributed by atoms with Crippen LogP contribution in [0.2, 0.25) is 10.0 Å². The number of benzene rings is 3. The van der Waals surface area contributed by atoms with Gasteiger partial charge in [0.05, 0.1) is 18.2 Å². The number of thioether (sulfide) groups is 1. The van der Waals surface area contributed by atoms with E-state index in [-0.39, 0.29) is 0 Å². The van der Waals surface area contributed by atoms with Gasteiger partial charge in [0, 0.05) is 16.3 Å². The van der Waals surface area contributed by atoms with Crippen LogP contribution in [-0.4, -0.2) is 27.1 Å². The number of nitrogens with zero attached hydrogens (tertiary/aromatic N) is 3. The number of para-hydroxylation sites is 1. The van der Waals surface area contributed by atoms with Crippen molar-refractivity contribution in [3.8, 4) is 17.1 Å². The van der Waals surface area contributed by atoms with Crippen LogP contribution in [-0.2, 0) is 6.54 Å². The smallest absolute Gasteiger partial charge is 0.191 e. The summed E-state index contributed by atoms with van der Waals surface area (Å²) in [5.74, 6) is 2.22. The number of hydrogen-bond acceptors (Lipinski definition) is 4. The van der Waals surface area contributed by atoms with Gasteiger partial charge in [0.15, 0.2) is 11.0 Å². The molecular weight excluding hydrogens is 437 g/mol. The Kier molecular flexibility index (Phi) is 6.95. The van der Waals surface area contributed by atoms with Crippen molar-refractivity contribution in [3.05, 3.63) is 94.5 Å². The zero-order valence-corrected chi connectivity index (χ0v) is 18.4. The van der Waals surface area contributed by atoms with E-state index >= 15 is 0 Å². The first kappa shape index (κ1) is 20.8. The summed E-state index contributed by atoms with van der Waals surface area (Å²) < 4.78 is 7.92. The highest BCUT2D eigenvalue weighted by Gasteiger charge is 2.15. The number of aromatic nitrogens is 3. The van der Waals surface area contributed by atoms with Gasteiger partial charge in [-0.25, -0.2) is 0 Å². The lowest BCUT2D eigenvalue weighted by Crippen LogP contribution is -2.06. The molecule has 152 valence electrons. The van der Waals surface area contributed by atoms with Crippen LogP contribution in [0.5, 0.6) is 5.75 Å². The first-order valence-corrected chi connectivity index (χ1v) is 11.2. The lowest BCUT2D eigenvalue weighted by Gasteiger charge is -2.11. The predicted molar refractivity (Wildman–Crippen MR) is 124 cm³/mol. The van der Waals surface area contributed by atoms with Crippen molar-refractivity contribution in [2.75, 3.05) is 12.4 Å². The monoisotopic (exact) mass is 455 g/mol. The van der Waals surface area contributed by atoms with E-state index in [0.29, 0.717) is 28.9 Å². The molecule has 4 rings (SSSR count). The third kappa shape index (κ3) is 5.17. The number of ether oxygens (including phenoxy) is 1. The predicted octanol–water partition coefficient (Wildman–Crippen LogP) is 6.47. The second-order valence-electron chi connectivity index (χ2n) is 6.51. The van der Waals surface area contributed by atoms with Crippen molar-refractivity contribution >= 4 is 35.0 Å². The zero-order chi connectivity index (χ0) is 20.8. The molecule has 0 saturated carbocycles. The molecular formula is C23H19Cl2N3OS. The molecule has 0 N–H and O–H groups in total. The fraction of sp³-hybridized carbons (Fsp3) is 0.130. The van der Waals surface area contributed by atoms with Gasteiger partial charge in [0.1, 0.15) is 5.75 Å². The quantitative estimate of drug-likeness (QED) is 0.225. The van der Waals surface area contributed by atoms with Crippen molar-refractivity contribution in [1.29, 1.82) is 0 Å². The van der Waals surface area contributed by atoms with Crippen LogP contribution in [0, 0.1) is 0 Å². The molecule has 0 atom stereocenters. The first-order chi connectivity index (χ1) is 14.7. The van der Waals surface area contributed by atoms with Gasteiger partial charge in [0.2, 0.25) is 0 Å². The van der Waals surface area contributed by atoms with E-state index in [1.807, 2.05) is 66.7 Å². The van der Waals surface area contributed by atoms with E-state index in [2.05, 4.69) is 26.9 Å². The fourth-order valence-electron chi connectivity index (χ4n) is 2.96. The Morgan fingerprint density at radius 2 is 1.57 bits per heavy atom. The molecule has 0 aliphatic carbocycles. The van der Waals surface area contributed by atoms with Gasteiger partial charge in [-0.1, -0.05) is 77.4 Å². The molecule has 4 nitrogen and oxygen atoms in total. The maximum absolute atomic E-state index is 6.15. The van der Waals surface area contributed by atoms with Crippen molar-refractivity contribution in [2.24, 2.45) is 0 Å². The van der Waals surface area contributed by atoms with E-state index in [1.54, 1.807) is 11.8 Å². The molecule has 3 aromatic carbocycles. The largest absolute Gasteiger partial charge is 0.491 e. The average molecular weight is 456 g/mol. The number of rotatable bonds is 8. The Balaban J connectivity index is 1.51. The second-order valence-corrected chi connectivity index (χ2v) is 8.42. The van der Waals surface area contributed by atoms with E-state index in [4.69, 9.17) is 27.9 Å². The highest BCUT2D eigenvalue weighted by molar-refractivity contribution is 7.99. The summed E-state index contributed by atoms with van der Waals surface area (Å²) in [6.45, 7) is 1.20. The normalized spacial score (nSPS) is 10.9. The van der Waals surface area contributed by atoms with Gasteiger partial charge in [-0.15, -0.1) is 10.2 Å². The Morgan fingerprint density at radius 1 is 0.833 bits per heavy atom. The highest BCUT2D eigenvalue weighted by atomic mass is 35.5. The molecule has 0 radical (unpaired) electrons. The summed E-state index contributed by atoms with van der Waals surface area (Å²) in [5, 5.41) is 11.0. The van der Waals surface area contributed by atoms with E-state index in [1.165, 1.54) is 5.56 Å². The third-order valence-corrected chi connectivity index (χ3v) is 5.91. The molecule has 30 heavy (non-hydrogen) atoms. The van der Waals surface area contributed by atoms with Gasteiger partial charge in [0.25, 0.3) is 0 Å². The highest BCUT2D eigenvalue weighted by Crippen LogP contribution is 2.27. The molecule has 1 heterocycles. The second kappa shape index (κ2) is 10.0. The SMILES string of the molecule is Clc1ccc(-c2nnc(SCCOc3ccccc3Cl)n2Cc2ccccc2)cc1. The van der Waals surface area contributed by atoms with E-state index in [9.17, 15) is 0 Å². The van der Waals surface area contributed by atoms with Gasteiger partial charge in [-0.3, -0.25) is 4.57 Å². The minimum absolute atomic E-state index is 0.517. The van der Waals surface area contributed by atoms with Gasteiger partial charge in [-0.2, -0.15) is 0 Å². The molecule has 0 aliphatic rings. The summed E-state index contributed by atoms with van der Waals surface area (Å²) in [5.41, 5.74) is 2.16. The molecule has 0 bridgehead atoms. The summed E-state index contributed by atoms with van der Waals surface area (Å²) >= 11 is 13.8. The Labute approximate surface area is 189 Å². The number of hydrogen-bond donors (Lipinski definition) is 0. The van der Waals surface area contributed by atoms with E-state index in [0.717, 1.165) is 22.3 Å². The van der Waals surface area contributed by atoms with Crippen molar-refractivity contribution in [3.63, 3.8) is 0 Å². The topological polar surface area (TPSA) is 39.9 Å². The lowest BCUT2D eigenvalue weighted by atomic mass is 10.2. The van der Waals surface area contributed by atoms with Crippen LogP contribution in [0.25, 0.3) is 11.4 Å². The Hall–Kier alpha value is -2.47. The van der Waals surface area contributed by atoms with E-state index < -0.39 is 0 Å². The molecule has 0 aliphatic heterocycles. The Morgan fingerprint density at radius 3 is 2.33 bits per heavy atom. The van der Waals surface area contributed by atoms with Gasteiger partial charge >= 0.3 is 0 Å². The molecule has 0 unspecified atom stereocenters. The minimum Gasteiger partial charge on any atom is -0.491 e. The molecule has 0 fully saturated rings. The molecule has 7 heteroatoms. The number of halogens is 2. The van der Waals surface area contributed by atoms with Crippen molar-refractivity contribution < 1.29 is 4.74 Å². The zero-order valence-electron chi connectivity index (χ0n) is 16.0. The fourth-order valence-corrected chi connectivity index (χ4v) is 4.03. The lowest BCUT2D eigenvalue weighted by molar-refractivity contribution is 0.344. The standard InChI is InChI=1S/C23H19Cl2N3OS/c24-19-12-10-18(11-13-19)22-26-27-23(28(22)16-17-6-2-1-3-7-17)30-15-14-29-21-9-5-4-8-20(21)25/h1-13H,14-16H2. The van der Waals surface area contributed by atoms with Crippen LogP contribution in [0.3, 0.4) is 0 Å². The summed E-state index contributed by atoms with van der Waals surface area (Å²) in [4.78, 5) is 0. The summed E-state index contributed by atoms with van der Waals surface area (Å²) in [6, 6.07) is 25.4. The molecule has 1 aromatic heterocycles. The molecule has 0 spiro atoms. The molecule has 0 amide bonds. The molecule has 0 saturated heterocycles. The van der Waals surface area contributed by atoms with Gasteiger partial charge in [-0.05, 0) is 42.0 Å². The average Bonchev–Trinajstić information content (AvgIpc) is 3.16. The summed E-state index contributed by atoms with van der Waals surface area (Å²) in [6.07, 6.45) is 0. The third-order valence-electron chi connectivity index (χ3n) is 4.41. The van der Waals surface area contributed by atoms with Crippen molar-refractivity contribution in [1.82, 2.24) is 14.8 Å². The van der Waals surface area contributed by atoms with Gasteiger partial charge < -0.3 is 4.74 Å². The van der Waals surface area contributed by atoms with Crippen LogP contribution in [0.15, 0.2) is 84.0 Å². The van der Waals surface area contributed by atoms with Crippen LogP contribution in [0.1, 0.15) is 5.56 Å². The van der Waals surface area contributed by atoms with Crippen molar-refractivity contribution in [2.45, 2.75) is 11.7 Å². The Bertz CT molecular complexity index is 1100. The van der Waals surface area contributed by atoms with Crippen LogP contribution < -0.4 is 4.74 Å². The minimum atomic E-state index is 0.517. The summed E-state index contributed by atoms with van der Waals surface area (Å²) in [7, 11) is 0. The molecule has 4 aromatic rings. The maximum Gasteiger partial charge on any atom is 0.191 e. The van der Waals surface area contributed by atoms with Crippen LogP contribution >= 0.6 is 35.0 Å². The maximum atomic E-state index is 6.15.